The number of aromatic nitrogens is 2. The molecule has 0 fully saturated rings. The number of halogens is 2. The molecular formula is C35H34ClFN4O9S. The highest BCUT2D eigenvalue weighted by molar-refractivity contribution is 7.99. The van der Waals surface area contributed by atoms with Crippen molar-refractivity contribution < 1.29 is 47.3 Å². The predicted molar refractivity (Wildman–Crippen MR) is 187 cm³/mol. The normalized spacial score (nSPS) is 10.5. The fourth-order valence-electron chi connectivity index (χ4n) is 4.32. The second-order valence-electron chi connectivity index (χ2n) is 10.4. The van der Waals surface area contributed by atoms with Crippen molar-refractivity contribution in [1.82, 2.24) is 15.3 Å². The van der Waals surface area contributed by atoms with Crippen LogP contribution >= 0.6 is 23.4 Å². The number of thioether (sulfide) groups is 1. The van der Waals surface area contributed by atoms with Crippen molar-refractivity contribution in [2.24, 2.45) is 0 Å². The van der Waals surface area contributed by atoms with Crippen molar-refractivity contribution in [2.45, 2.75) is 18.4 Å². The van der Waals surface area contributed by atoms with E-state index in [4.69, 9.17) is 30.5 Å². The van der Waals surface area contributed by atoms with Crippen LogP contribution < -0.4 is 24.8 Å². The Balaban J connectivity index is 1.19. The van der Waals surface area contributed by atoms with Gasteiger partial charge in [0.1, 0.15) is 23.1 Å². The van der Waals surface area contributed by atoms with Gasteiger partial charge in [-0.2, -0.15) is 0 Å². The molecule has 268 valence electrons. The van der Waals surface area contributed by atoms with E-state index in [0.29, 0.717) is 45.5 Å². The number of nitrogens with one attached hydrogen (secondary N) is 2. The van der Waals surface area contributed by atoms with Gasteiger partial charge in [0.15, 0.2) is 6.61 Å². The van der Waals surface area contributed by atoms with Gasteiger partial charge in [-0.25, -0.2) is 19.0 Å². The van der Waals surface area contributed by atoms with E-state index in [0.717, 1.165) is 6.07 Å². The number of pyridine rings is 2. The smallest absolute Gasteiger partial charge is 0.339 e. The Hall–Kier alpha value is -5.41. The second kappa shape index (κ2) is 19.1. The Labute approximate surface area is 302 Å². The van der Waals surface area contributed by atoms with Crippen LogP contribution in [0.25, 0.3) is 11.3 Å². The summed E-state index contributed by atoms with van der Waals surface area (Å²) in [6.07, 6.45) is 3.14. The minimum Gasteiger partial charge on any atom is -0.494 e. The van der Waals surface area contributed by atoms with E-state index in [-0.39, 0.29) is 54.4 Å². The van der Waals surface area contributed by atoms with Crippen molar-refractivity contribution in [2.75, 3.05) is 51.7 Å². The summed E-state index contributed by atoms with van der Waals surface area (Å²) in [5.74, 6) is -1.55. The maximum atomic E-state index is 14.3. The first-order valence-electron chi connectivity index (χ1n) is 15.4. The van der Waals surface area contributed by atoms with Crippen LogP contribution in [0.3, 0.4) is 0 Å². The second-order valence-corrected chi connectivity index (χ2v) is 11.8. The van der Waals surface area contributed by atoms with E-state index in [2.05, 4.69) is 25.3 Å². The molecule has 2 amide bonds. The minimum atomic E-state index is -0.586. The molecule has 0 radical (unpaired) electrons. The summed E-state index contributed by atoms with van der Waals surface area (Å²) >= 11 is 7.59. The third-order valence-corrected chi connectivity index (χ3v) is 7.99. The van der Waals surface area contributed by atoms with Crippen LogP contribution in [0.4, 0.5) is 10.1 Å². The number of rotatable bonds is 17. The molecule has 16 heteroatoms. The molecule has 4 rings (SSSR count). The maximum Gasteiger partial charge on any atom is 0.339 e. The van der Waals surface area contributed by atoms with Gasteiger partial charge in [0.2, 0.25) is 5.91 Å². The number of anilines is 1. The van der Waals surface area contributed by atoms with Crippen LogP contribution in [0.2, 0.25) is 5.02 Å². The zero-order chi connectivity index (χ0) is 36.8. The lowest BCUT2D eigenvalue weighted by Crippen LogP contribution is -2.30. The zero-order valence-electron chi connectivity index (χ0n) is 27.8. The van der Waals surface area contributed by atoms with Gasteiger partial charge in [-0.3, -0.25) is 14.6 Å². The molecule has 4 aromatic rings. The van der Waals surface area contributed by atoms with Gasteiger partial charge < -0.3 is 34.3 Å². The van der Waals surface area contributed by atoms with E-state index >= 15 is 0 Å². The molecule has 0 aliphatic carbocycles. The van der Waals surface area contributed by atoms with Crippen molar-refractivity contribution in [3.8, 4) is 28.5 Å². The number of ether oxygens (including phenoxy) is 5. The number of methoxy groups -OCH3 is 2. The summed E-state index contributed by atoms with van der Waals surface area (Å²) in [4.78, 5) is 56.7. The number of carbonyl (C=O) groups is 4. The molecule has 0 atom stereocenters. The third kappa shape index (κ3) is 11.6. The first kappa shape index (κ1) is 38.4. The first-order valence-corrected chi connectivity index (χ1v) is 16.8. The molecular weight excluding hydrogens is 707 g/mol. The number of nitrogens with zero attached hydrogens (tertiary/aromatic N) is 2. The standard InChI is InChI=1S/C35H34ClFN4O9S/c1-4-48-35(45)22-7-9-33(40-18-22)51-20-32(43)41-28-15-26(36)29(16-30(28)46-2)49-11-5-10-38-31(42)19-50-25-13-23(12-24(37)14-25)27-8-6-21(17-39-27)34(44)47-3/h6-9,12-18H,4-5,10-11,19-20H2,1-3H3,(H,38,42)(H,41,43). The van der Waals surface area contributed by atoms with Crippen LogP contribution in [0.5, 0.6) is 17.2 Å². The van der Waals surface area contributed by atoms with Gasteiger partial charge in [-0.15, -0.1) is 0 Å². The van der Waals surface area contributed by atoms with Gasteiger partial charge >= 0.3 is 11.9 Å². The molecule has 0 unspecified atom stereocenters. The molecule has 0 aliphatic heterocycles. The highest BCUT2D eigenvalue weighted by atomic mass is 35.5. The summed E-state index contributed by atoms with van der Waals surface area (Å²) in [5, 5.41) is 6.24. The van der Waals surface area contributed by atoms with Gasteiger partial charge in [-0.1, -0.05) is 23.4 Å². The monoisotopic (exact) mass is 740 g/mol. The van der Waals surface area contributed by atoms with E-state index in [1.807, 2.05) is 0 Å². The summed E-state index contributed by atoms with van der Waals surface area (Å²) in [6.45, 7) is 2.08. The van der Waals surface area contributed by atoms with Gasteiger partial charge in [0.25, 0.3) is 5.91 Å². The maximum absolute atomic E-state index is 14.3. The molecule has 0 saturated carbocycles. The SMILES string of the molecule is CCOC(=O)c1ccc(SCC(=O)Nc2cc(Cl)c(OCCCNC(=O)COc3cc(F)cc(-c4ccc(C(=O)OC)cn4)c3)cc2OC)nc1. The van der Waals surface area contributed by atoms with Crippen LogP contribution in [0.1, 0.15) is 34.1 Å². The lowest BCUT2D eigenvalue weighted by atomic mass is 10.1. The molecule has 2 heterocycles. The Kier molecular flexibility index (Phi) is 14.4. The third-order valence-electron chi connectivity index (χ3n) is 6.75. The molecule has 2 aromatic carbocycles. The van der Waals surface area contributed by atoms with Gasteiger partial charge in [0.05, 0.1) is 65.7 Å². The largest absolute Gasteiger partial charge is 0.494 e. The fourth-order valence-corrected chi connectivity index (χ4v) is 5.18. The van der Waals surface area contributed by atoms with E-state index < -0.39 is 23.7 Å². The Bertz CT molecular complexity index is 1850. The highest BCUT2D eigenvalue weighted by Crippen LogP contribution is 2.36. The topological polar surface area (TPSA) is 164 Å². The van der Waals surface area contributed by atoms with Crippen molar-refractivity contribution >= 4 is 52.8 Å². The molecule has 2 N–H and O–H groups in total. The van der Waals surface area contributed by atoms with Crippen molar-refractivity contribution in [3.63, 3.8) is 0 Å². The number of hydrogen-bond acceptors (Lipinski definition) is 12. The van der Waals surface area contributed by atoms with E-state index in [1.54, 1.807) is 31.2 Å². The number of hydrogen-bond donors (Lipinski definition) is 2. The Morgan fingerprint density at radius 1 is 0.882 bits per heavy atom. The van der Waals surface area contributed by atoms with Gasteiger partial charge in [-0.05, 0) is 55.8 Å². The first-order chi connectivity index (χ1) is 24.6. The molecule has 13 nitrogen and oxygen atoms in total. The van der Waals surface area contributed by atoms with Crippen LogP contribution in [-0.2, 0) is 19.1 Å². The number of amides is 2. The number of esters is 2. The fraction of sp³-hybridized carbons (Fsp3) is 0.257. The number of carbonyl (C=O) groups excluding carboxylic acids is 4. The molecule has 0 bridgehead atoms. The van der Waals surface area contributed by atoms with E-state index in [1.165, 1.54) is 62.6 Å². The van der Waals surface area contributed by atoms with Crippen molar-refractivity contribution in [1.29, 1.82) is 0 Å². The van der Waals surface area contributed by atoms with Crippen LogP contribution in [0, 0.1) is 5.82 Å². The van der Waals surface area contributed by atoms with Crippen LogP contribution in [0.15, 0.2) is 72.0 Å². The summed E-state index contributed by atoms with van der Waals surface area (Å²) in [6, 6.07) is 13.3. The lowest BCUT2D eigenvalue weighted by Gasteiger charge is -2.14. The number of benzene rings is 2. The summed E-state index contributed by atoms with van der Waals surface area (Å²) in [5.41, 5.74) is 1.72. The Morgan fingerprint density at radius 2 is 1.65 bits per heavy atom. The van der Waals surface area contributed by atoms with E-state index in [9.17, 15) is 23.6 Å². The van der Waals surface area contributed by atoms with Crippen LogP contribution in [-0.4, -0.2) is 80.1 Å². The molecule has 0 saturated heterocycles. The quantitative estimate of drug-likeness (QED) is 0.0783. The highest BCUT2D eigenvalue weighted by Gasteiger charge is 2.15. The molecule has 0 aliphatic rings. The average Bonchev–Trinajstić information content (AvgIpc) is 3.13. The summed E-state index contributed by atoms with van der Waals surface area (Å²) in [7, 11) is 2.70. The van der Waals surface area contributed by atoms with Crippen molar-refractivity contribution in [3.05, 3.63) is 89.0 Å². The average molecular weight is 741 g/mol. The predicted octanol–water partition coefficient (Wildman–Crippen LogP) is 5.60. The molecule has 51 heavy (non-hydrogen) atoms. The Morgan fingerprint density at radius 3 is 2.33 bits per heavy atom. The summed E-state index contributed by atoms with van der Waals surface area (Å²) < 4.78 is 40.5. The minimum absolute atomic E-state index is 0.0381. The molecule has 2 aromatic heterocycles. The molecule has 0 spiro atoms. The zero-order valence-corrected chi connectivity index (χ0v) is 29.4. The van der Waals surface area contributed by atoms with Gasteiger partial charge in [0, 0.05) is 36.6 Å². The lowest BCUT2D eigenvalue weighted by molar-refractivity contribution is -0.123.